The van der Waals surface area contributed by atoms with E-state index in [1.165, 1.54) is 0 Å². The molecule has 0 fully saturated rings. The van der Waals surface area contributed by atoms with Crippen molar-refractivity contribution >= 4 is 28.1 Å². The second kappa shape index (κ2) is 11.5. The van der Waals surface area contributed by atoms with Gasteiger partial charge < -0.3 is 19.9 Å². The van der Waals surface area contributed by atoms with E-state index in [0.717, 1.165) is 38.2 Å². The van der Waals surface area contributed by atoms with Crippen LogP contribution in [0.5, 0.6) is 11.5 Å². The lowest BCUT2D eigenvalue weighted by Gasteiger charge is -2.31. The molecular formula is C30H44BrNO3. The summed E-state index contributed by atoms with van der Waals surface area (Å²) in [6, 6.07) is 10.5. The summed E-state index contributed by atoms with van der Waals surface area (Å²) in [7, 11) is 1.67. The Labute approximate surface area is 221 Å². The van der Waals surface area contributed by atoms with Crippen molar-refractivity contribution in [3.63, 3.8) is 0 Å². The van der Waals surface area contributed by atoms with Crippen LogP contribution < -0.4 is 14.8 Å². The Hall–Kier alpha value is -1.82. The highest BCUT2D eigenvalue weighted by atomic mass is 79.9. The van der Waals surface area contributed by atoms with Gasteiger partial charge in [0.25, 0.3) is 0 Å². The van der Waals surface area contributed by atoms with Crippen LogP contribution in [0.1, 0.15) is 84.6 Å². The summed E-state index contributed by atoms with van der Waals surface area (Å²) in [6.07, 6.45) is 3.66. The molecule has 0 heterocycles. The summed E-state index contributed by atoms with van der Waals surface area (Å²) in [5.74, 6) is 1.69. The normalized spacial score (nSPS) is 13.8. The maximum absolute atomic E-state index is 10.6. The highest BCUT2D eigenvalue weighted by Crippen LogP contribution is 2.41. The van der Waals surface area contributed by atoms with Crippen LogP contribution in [0.25, 0.3) is 12.2 Å². The van der Waals surface area contributed by atoms with E-state index in [9.17, 15) is 5.11 Å². The number of rotatable bonds is 8. The lowest BCUT2D eigenvalue weighted by molar-refractivity contribution is 0.0980. The number of aliphatic hydroxyl groups excluding tert-OH is 1. The van der Waals surface area contributed by atoms with Gasteiger partial charge in [-0.3, -0.25) is 0 Å². The molecule has 0 bridgehead atoms. The van der Waals surface area contributed by atoms with Gasteiger partial charge in [0.15, 0.2) is 0 Å². The molecule has 0 spiro atoms. The number of aliphatic hydroxyl groups is 1. The fraction of sp³-hybridized carbons (Fsp3) is 0.533. The molecule has 2 rings (SSSR count). The zero-order valence-corrected chi connectivity index (χ0v) is 24.8. The van der Waals surface area contributed by atoms with Crippen molar-refractivity contribution in [2.45, 2.75) is 84.8 Å². The molecular weight excluding hydrogens is 502 g/mol. The Kier molecular flexibility index (Phi) is 9.66. The molecule has 0 saturated carbocycles. The third-order valence-corrected chi connectivity index (χ3v) is 6.28. The first-order valence-corrected chi connectivity index (χ1v) is 13.1. The van der Waals surface area contributed by atoms with Gasteiger partial charge in [-0.2, -0.15) is 0 Å². The van der Waals surface area contributed by atoms with Gasteiger partial charge in [-0.15, -0.1) is 0 Å². The number of benzene rings is 2. The Morgan fingerprint density at radius 3 is 1.89 bits per heavy atom. The van der Waals surface area contributed by atoms with Crippen molar-refractivity contribution in [1.29, 1.82) is 0 Å². The molecule has 1 unspecified atom stereocenters. The monoisotopic (exact) mass is 545 g/mol. The van der Waals surface area contributed by atoms with E-state index in [0.29, 0.717) is 6.54 Å². The molecule has 0 aliphatic heterocycles. The van der Waals surface area contributed by atoms with Gasteiger partial charge in [0, 0.05) is 23.2 Å². The van der Waals surface area contributed by atoms with Gasteiger partial charge in [0.1, 0.15) is 24.2 Å². The van der Waals surface area contributed by atoms with Crippen LogP contribution in [0.3, 0.4) is 0 Å². The first kappa shape index (κ1) is 29.4. The fourth-order valence-electron chi connectivity index (χ4n) is 3.66. The highest BCUT2D eigenvalue weighted by Gasteiger charge is 2.28. The summed E-state index contributed by atoms with van der Waals surface area (Å²) in [6.45, 7) is 20.2. The van der Waals surface area contributed by atoms with Crippen molar-refractivity contribution in [2.24, 2.45) is 0 Å². The Bertz CT molecular complexity index is 988. The molecule has 0 amide bonds. The molecule has 0 radical (unpaired) electrons. The first-order valence-electron chi connectivity index (χ1n) is 12.3. The third-order valence-electron chi connectivity index (χ3n) is 5.66. The molecule has 35 heavy (non-hydrogen) atoms. The highest BCUT2D eigenvalue weighted by molar-refractivity contribution is 9.10. The number of halogens is 1. The predicted octanol–water partition coefficient (Wildman–Crippen LogP) is 7.35. The minimum Gasteiger partial charge on any atom is -0.496 e. The van der Waals surface area contributed by atoms with E-state index in [2.05, 4.69) is 114 Å². The number of hydrogen-bond donors (Lipinski definition) is 2. The minimum atomic E-state index is -0.594. The van der Waals surface area contributed by atoms with Crippen LogP contribution in [-0.2, 0) is 10.8 Å². The molecule has 2 aromatic carbocycles. The average Bonchev–Trinajstić information content (AvgIpc) is 2.72. The summed E-state index contributed by atoms with van der Waals surface area (Å²) in [5, 5.41) is 13.9. The van der Waals surface area contributed by atoms with Gasteiger partial charge in [0.2, 0.25) is 0 Å². The van der Waals surface area contributed by atoms with Crippen LogP contribution in [0, 0.1) is 0 Å². The van der Waals surface area contributed by atoms with Crippen molar-refractivity contribution in [3.05, 3.63) is 57.1 Å². The quantitative estimate of drug-likeness (QED) is 0.340. The van der Waals surface area contributed by atoms with Crippen molar-refractivity contribution in [2.75, 3.05) is 20.3 Å². The largest absolute Gasteiger partial charge is 0.496 e. The summed E-state index contributed by atoms with van der Waals surface area (Å²) in [5.41, 5.74) is 4.17. The van der Waals surface area contributed by atoms with E-state index >= 15 is 0 Å². The molecule has 1 atom stereocenters. The summed E-state index contributed by atoms with van der Waals surface area (Å²) < 4.78 is 12.6. The maximum atomic E-state index is 10.6. The van der Waals surface area contributed by atoms with Gasteiger partial charge in [0.05, 0.1) is 11.6 Å². The smallest absolute Gasteiger partial charge is 0.133 e. The average molecular weight is 547 g/mol. The number of nitrogens with one attached hydrogen (secondary N) is 1. The number of methoxy groups -OCH3 is 1. The molecule has 2 aromatic rings. The standard InChI is InChI=1S/C30H44BrNO3/c1-28(2,3)23-15-21(12-11-20-13-14-26(34-10)25(31)17-20)16-24(29(4,5)6)27(23)35-19-22(33)18-32-30(7,8)9/h11-17,22,32-33H,18-19H2,1-10H3/b12-11+. The van der Waals surface area contributed by atoms with E-state index in [1.54, 1.807) is 7.11 Å². The zero-order chi connectivity index (χ0) is 26.6. The fourth-order valence-corrected chi connectivity index (χ4v) is 4.22. The molecule has 4 nitrogen and oxygen atoms in total. The van der Waals surface area contributed by atoms with Gasteiger partial charge in [-0.1, -0.05) is 59.8 Å². The summed E-state index contributed by atoms with van der Waals surface area (Å²) in [4.78, 5) is 0. The Balaban J connectivity index is 2.44. The molecule has 5 heteroatoms. The molecule has 0 aromatic heterocycles. The second-order valence-electron chi connectivity index (χ2n) is 12.3. The summed E-state index contributed by atoms with van der Waals surface area (Å²) >= 11 is 3.57. The van der Waals surface area contributed by atoms with Crippen LogP contribution in [0.2, 0.25) is 0 Å². The number of hydrogen-bond acceptors (Lipinski definition) is 4. The maximum Gasteiger partial charge on any atom is 0.133 e. The van der Waals surface area contributed by atoms with Crippen LogP contribution in [0.15, 0.2) is 34.8 Å². The van der Waals surface area contributed by atoms with Gasteiger partial charge in [-0.25, -0.2) is 0 Å². The molecule has 0 saturated heterocycles. The number of ether oxygens (including phenoxy) is 2. The van der Waals surface area contributed by atoms with E-state index < -0.39 is 6.10 Å². The van der Waals surface area contributed by atoms with Crippen LogP contribution >= 0.6 is 15.9 Å². The number of β-amino-alcohol motifs (C(OH)–C–C–N with tert-alkyl or cyclic N) is 1. The minimum absolute atomic E-state index is 0.0540. The molecule has 194 valence electrons. The van der Waals surface area contributed by atoms with Gasteiger partial charge >= 0.3 is 0 Å². The first-order chi connectivity index (χ1) is 16.0. The lowest BCUT2D eigenvalue weighted by atomic mass is 9.78. The lowest BCUT2D eigenvalue weighted by Crippen LogP contribution is -2.42. The van der Waals surface area contributed by atoms with Crippen LogP contribution in [0.4, 0.5) is 0 Å². The second-order valence-corrected chi connectivity index (χ2v) is 13.1. The molecule has 2 N–H and O–H groups in total. The zero-order valence-electron chi connectivity index (χ0n) is 23.2. The van der Waals surface area contributed by atoms with Gasteiger partial charge in [-0.05, 0) is 82.9 Å². The molecule has 0 aliphatic rings. The van der Waals surface area contributed by atoms with E-state index in [4.69, 9.17) is 9.47 Å². The van der Waals surface area contributed by atoms with E-state index in [-0.39, 0.29) is 23.0 Å². The Morgan fingerprint density at radius 1 is 0.886 bits per heavy atom. The van der Waals surface area contributed by atoms with Crippen molar-refractivity contribution in [1.82, 2.24) is 5.32 Å². The predicted molar refractivity (Wildman–Crippen MR) is 153 cm³/mol. The Morgan fingerprint density at radius 2 is 1.43 bits per heavy atom. The van der Waals surface area contributed by atoms with Crippen molar-refractivity contribution in [3.8, 4) is 11.5 Å². The van der Waals surface area contributed by atoms with E-state index in [1.807, 2.05) is 12.1 Å². The molecule has 0 aliphatic carbocycles. The SMILES string of the molecule is COc1ccc(/C=C/c2cc(C(C)(C)C)c(OCC(O)CNC(C)(C)C)c(C(C)(C)C)c2)cc1Br. The van der Waals surface area contributed by atoms with Crippen molar-refractivity contribution < 1.29 is 14.6 Å². The topological polar surface area (TPSA) is 50.7 Å². The third kappa shape index (κ3) is 8.96. The van der Waals surface area contributed by atoms with Crippen LogP contribution in [-0.4, -0.2) is 37.0 Å².